The van der Waals surface area contributed by atoms with Gasteiger partial charge in [-0.1, -0.05) is 0 Å². The molecule has 0 aromatic carbocycles. The summed E-state index contributed by atoms with van der Waals surface area (Å²) >= 11 is 0. The van der Waals surface area contributed by atoms with Crippen molar-refractivity contribution >= 4 is 11.7 Å². The number of imidazole rings is 1. The molecule has 0 unspecified atom stereocenters. The van der Waals surface area contributed by atoms with Crippen LogP contribution in [0.2, 0.25) is 0 Å². The molecule has 1 N–H and O–H groups in total. The maximum absolute atomic E-state index is 12.0. The summed E-state index contributed by atoms with van der Waals surface area (Å²) < 4.78 is 1.10. The first kappa shape index (κ1) is 11.0. The van der Waals surface area contributed by atoms with E-state index in [2.05, 4.69) is 15.1 Å². The minimum Gasteiger partial charge on any atom is -0.358 e. The molecule has 8 nitrogen and oxygen atoms in total. The second-order valence-electron chi connectivity index (χ2n) is 3.50. The summed E-state index contributed by atoms with van der Waals surface area (Å²) in [6, 6.07) is 1.70. The molecule has 0 aliphatic rings. The molecule has 0 spiro atoms. The van der Waals surface area contributed by atoms with Crippen molar-refractivity contribution in [1.82, 2.24) is 19.7 Å². The second-order valence-corrected chi connectivity index (χ2v) is 3.50. The molecular formula is C9H9N5O3. The molecule has 0 aliphatic carbocycles. The molecule has 88 valence electrons. The van der Waals surface area contributed by atoms with Crippen LogP contribution >= 0.6 is 0 Å². The Balaban J connectivity index is 2.47. The number of nitrogens with zero attached hydrogens (tertiary/aromatic N) is 4. The third-order valence-corrected chi connectivity index (χ3v) is 2.21. The van der Waals surface area contributed by atoms with Crippen LogP contribution in [-0.2, 0) is 0 Å². The largest absolute Gasteiger partial charge is 0.358 e. The Kier molecular flexibility index (Phi) is 2.47. The molecule has 0 fully saturated rings. The summed E-state index contributed by atoms with van der Waals surface area (Å²) in [7, 11) is 0. The Morgan fingerprint density at radius 1 is 1.53 bits per heavy atom. The van der Waals surface area contributed by atoms with E-state index < -0.39 is 16.6 Å². The Morgan fingerprint density at radius 2 is 2.24 bits per heavy atom. The van der Waals surface area contributed by atoms with E-state index in [-0.39, 0.29) is 5.69 Å². The number of carbonyl (C=O) groups excluding carboxylic acids is 1. The van der Waals surface area contributed by atoms with Gasteiger partial charge >= 0.3 is 11.7 Å². The number of nitro groups is 1. The molecule has 0 amide bonds. The van der Waals surface area contributed by atoms with Gasteiger partial charge in [0.2, 0.25) is 5.69 Å². The van der Waals surface area contributed by atoms with E-state index in [0.717, 1.165) is 11.0 Å². The average molecular weight is 235 g/mol. The van der Waals surface area contributed by atoms with Crippen molar-refractivity contribution in [3.8, 4) is 0 Å². The molecule has 0 saturated heterocycles. The van der Waals surface area contributed by atoms with Gasteiger partial charge in [-0.3, -0.25) is 4.79 Å². The van der Waals surface area contributed by atoms with Crippen molar-refractivity contribution in [3.63, 3.8) is 0 Å². The van der Waals surface area contributed by atoms with Gasteiger partial charge in [-0.2, -0.15) is 9.78 Å². The smallest absolute Gasteiger partial charge is 0.353 e. The predicted octanol–water partition coefficient (Wildman–Crippen LogP) is 0.820. The van der Waals surface area contributed by atoms with Crippen molar-refractivity contribution < 1.29 is 9.72 Å². The van der Waals surface area contributed by atoms with Crippen LogP contribution in [-0.4, -0.2) is 30.6 Å². The average Bonchev–Trinajstić information content (AvgIpc) is 2.83. The number of carbonyl (C=O) groups is 1. The molecule has 2 aromatic rings. The van der Waals surface area contributed by atoms with Gasteiger partial charge in [0, 0.05) is 5.69 Å². The van der Waals surface area contributed by atoms with E-state index in [9.17, 15) is 14.9 Å². The van der Waals surface area contributed by atoms with Crippen molar-refractivity contribution in [2.45, 2.75) is 13.8 Å². The second kappa shape index (κ2) is 3.81. The van der Waals surface area contributed by atoms with E-state index >= 15 is 0 Å². The van der Waals surface area contributed by atoms with Crippen LogP contribution in [0.15, 0.2) is 12.4 Å². The zero-order valence-corrected chi connectivity index (χ0v) is 9.17. The monoisotopic (exact) mass is 235 g/mol. The highest BCUT2D eigenvalue weighted by molar-refractivity contribution is 5.97. The van der Waals surface area contributed by atoms with Gasteiger partial charge in [0.15, 0.2) is 6.33 Å². The zero-order chi connectivity index (χ0) is 12.6. The fourth-order valence-electron chi connectivity index (χ4n) is 1.52. The molecule has 8 heteroatoms. The van der Waals surface area contributed by atoms with Crippen molar-refractivity contribution in [2.75, 3.05) is 0 Å². The van der Waals surface area contributed by atoms with Gasteiger partial charge in [-0.25, -0.2) is 9.97 Å². The first-order valence-electron chi connectivity index (χ1n) is 4.76. The molecule has 2 heterocycles. The van der Waals surface area contributed by atoms with Crippen molar-refractivity contribution in [3.05, 3.63) is 39.6 Å². The Labute approximate surface area is 95.4 Å². The molecule has 17 heavy (non-hydrogen) atoms. The maximum Gasteiger partial charge on any atom is 0.353 e. The first-order valence-corrected chi connectivity index (χ1v) is 4.76. The van der Waals surface area contributed by atoms with Gasteiger partial charge in [-0.15, -0.1) is 0 Å². The van der Waals surface area contributed by atoms with Gasteiger partial charge < -0.3 is 10.1 Å². The molecule has 0 bridgehead atoms. The number of rotatable bonds is 2. The van der Waals surface area contributed by atoms with Crippen LogP contribution in [0.1, 0.15) is 21.9 Å². The molecular weight excluding hydrogens is 226 g/mol. The minimum absolute atomic E-state index is 0.249. The van der Waals surface area contributed by atoms with E-state index in [1.54, 1.807) is 19.9 Å². The van der Waals surface area contributed by atoms with E-state index in [1.165, 1.54) is 0 Å². The van der Waals surface area contributed by atoms with E-state index in [1.807, 2.05) is 0 Å². The summed E-state index contributed by atoms with van der Waals surface area (Å²) in [6.45, 7) is 3.42. The van der Waals surface area contributed by atoms with Gasteiger partial charge in [-0.05, 0) is 24.8 Å². The summed E-state index contributed by atoms with van der Waals surface area (Å²) in [4.78, 5) is 27.9. The molecule has 0 radical (unpaired) electrons. The molecule has 2 aromatic heterocycles. The SMILES string of the molecule is Cc1cc(C)n(C(=O)c2nc[nH]c2[N+](=O)[O-])n1. The lowest BCUT2D eigenvalue weighted by Crippen LogP contribution is -2.17. The number of aromatic amines is 1. The molecule has 0 saturated carbocycles. The Hall–Kier alpha value is -2.51. The van der Waals surface area contributed by atoms with Crippen molar-refractivity contribution in [2.24, 2.45) is 0 Å². The lowest BCUT2D eigenvalue weighted by Gasteiger charge is -1.99. The van der Waals surface area contributed by atoms with Gasteiger partial charge in [0.25, 0.3) is 0 Å². The molecule has 0 atom stereocenters. The Bertz CT molecular complexity index is 598. The summed E-state index contributed by atoms with van der Waals surface area (Å²) in [6.07, 6.45) is 1.11. The minimum atomic E-state index is -0.689. The number of aryl methyl sites for hydroxylation is 2. The molecule has 0 aliphatic heterocycles. The number of hydrogen-bond acceptors (Lipinski definition) is 5. The van der Waals surface area contributed by atoms with E-state index in [4.69, 9.17) is 0 Å². The van der Waals surface area contributed by atoms with Gasteiger partial charge in [0.1, 0.15) is 0 Å². The lowest BCUT2D eigenvalue weighted by atomic mass is 10.3. The molecule has 2 rings (SSSR count). The Morgan fingerprint density at radius 3 is 2.76 bits per heavy atom. The van der Waals surface area contributed by atoms with Gasteiger partial charge in [0.05, 0.1) is 5.69 Å². The maximum atomic E-state index is 12.0. The van der Waals surface area contributed by atoms with Crippen LogP contribution in [0.3, 0.4) is 0 Å². The summed E-state index contributed by atoms with van der Waals surface area (Å²) in [5.41, 5.74) is 1.01. The summed E-state index contributed by atoms with van der Waals surface area (Å²) in [5.74, 6) is -1.05. The third kappa shape index (κ3) is 1.80. The topological polar surface area (TPSA) is 107 Å². The normalized spacial score (nSPS) is 10.5. The van der Waals surface area contributed by atoms with E-state index in [0.29, 0.717) is 11.4 Å². The zero-order valence-electron chi connectivity index (χ0n) is 9.17. The number of H-pyrrole nitrogens is 1. The highest BCUT2D eigenvalue weighted by atomic mass is 16.6. The highest BCUT2D eigenvalue weighted by Gasteiger charge is 2.25. The quantitative estimate of drug-likeness (QED) is 0.612. The van der Waals surface area contributed by atoms with Crippen molar-refractivity contribution in [1.29, 1.82) is 0 Å². The standard InChI is InChI=1S/C9H9N5O3/c1-5-3-6(2)13(12-5)9(15)7-8(14(16)17)11-4-10-7/h3-4H,1-2H3,(H,10,11). The van der Waals surface area contributed by atoms with Crippen LogP contribution in [0.4, 0.5) is 5.82 Å². The predicted molar refractivity (Wildman–Crippen MR) is 56.7 cm³/mol. The van der Waals surface area contributed by atoms with Crippen LogP contribution in [0.25, 0.3) is 0 Å². The third-order valence-electron chi connectivity index (χ3n) is 2.21. The summed E-state index contributed by atoms with van der Waals surface area (Å²) in [5, 5.41) is 14.6. The van der Waals surface area contributed by atoms with Crippen LogP contribution in [0, 0.1) is 24.0 Å². The lowest BCUT2D eigenvalue weighted by molar-refractivity contribution is -0.389. The fraction of sp³-hybridized carbons (Fsp3) is 0.222. The number of aromatic nitrogens is 4. The number of nitrogens with one attached hydrogen (secondary N) is 1. The number of hydrogen-bond donors (Lipinski definition) is 1. The fourth-order valence-corrected chi connectivity index (χ4v) is 1.52. The van der Waals surface area contributed by atoms with Crippen LogP contribution < -0.4 is 0 Å². The highest BCUT2D eigenvalue weighted by Crippen LogP contribution is 2.14. The first-order chi connectivity index (χ1) is 8.00. The van der Waals surface area contributed by atoms with Crippen LogP contribution in [0.5, 0.6) is 0 Å².